The first-order valence-corrected chi connectivity index (χ1v) is 7.06. The molecule has 0 aliphatic carbocycles. The number of hydrogen-bond donors (Lipinski definition) is 3. The number of anilines is 2. The Balaban J connectivity index is 2.01. The third kappa shape index (κ3) is 3.85. The SMILES string of the molecule is CNC(=O)c1ccccc1NC(=O)CCc1ccccc1N. The Morgan fingerprint density at radius 3 is 2.45 bits per heavy atom. The average Bonchev–Trinajstić information content (AvgIpc) is 2.54. The van der Waals surface area contributed by atoms with Crippen LogP contribution in [0.25, 0.3) is 0 Å². The highest BCUT2D eigenvalue weighted by Crippen LogP contribution is 2.17. The van der Waals surface area contributed by atoms with Crippen LogP contribution in [0.3, 0.4) is 0 Å². The predicted molar refractivity (Wildman–Crippen MR) is 87.6 cm³/mol. The third-order valence-corrected chi connectivity index (χ3v) is 3.35. The van der Waals surface area contributed by atoms with Crippen LogP contribution >= 0.6 is 0 Å². The quantitative estimate of drug-likeness (QED) is 0.740. The topological polar surface area (TPSA) is 84.2 Å². The average molecular weight is 297 g/mol. The number of nitrogens with two attached hydrogens (primary N) is 1. The van der Waals surface area contributed by atoms with Crippen LogP contribution in [0.2, 0.25) is 0 Å². The van der Waals surface area contributed by atoms with Gasteiger partial charge in [0.15, 0.2) is 0 Å². The number of benzene rings is 2. The van der Waals surface area contributed by atoms with Crippen molar-refractivity contribution in [3.8, 4) is 0 Å². The second kappa shape index (κ2) is 7.26. The maximum Gasteiger partial charge on any atom is 0.253 e. The van der Waals surface area contributed by atoms with E-state index in [0.717, 1.165) is 5.56 Å². The molecule has 2 aromatic carbocycles. The Bertz CT molecular complexity index is 683. The van der Waals surface area contributed by atoms with Gasteiger partial charge in [0.05, 0.1) is 11.3 Å². The molecule has 0 heterocycles. The van der Waals surface area contributed by atoms with Crippen molar-refractivity contribution in [1.82, 2.24) is 5.32 Å². The van der Waals surface area contributed by atoms with Gasteiger partial charge in [-0.25, -0.2) is 0 Å². The van der Waals surface area contributed by atoms with Crippen molar-refractivity contribution in [3.63, 3.8) is 0 Å². The summed E-state index contributed by atoms with van der Waals surface area (Å²) in [5.41, 5.74) is 8.43. The van der Waals surface area contributed by atoms with Gasteiger partial charge in [0.1, 0.15) is 0 Å². The van der Waals surface area contributed by atoms with E-state index in [1.165, 1.54) is 0 Å². The molecule has 0 unspecified atom stereocenters. The third-order valence-electron chi connectivity index (χ3n) is 3.35. The molecule has 5 heteroatoms. The highest BCUT2D eigenvalue weighted by molar-refractivity contribution is 6.03. The van der Waals surface area contributed by atoms with Gasteiger partial charge >= 0.3 is 0 Å². The maximum absolute atomic E-state index is 12.1. The van der Waals surface area contributed by atoms with Gasteiger partial charge < -0.3 is 16.4 Å². The molecule has 2 rings (SSSR count). The maximum atomic E-state index is 12.1. The predicted octanol–water partition coefficient (Wildman–Crippen LogP) is 2.20. The van der Waals surface area contributed by atoms with Crippen LogP contribution in [0.5, 0.6) is 0 Å². The van der Waals surface area contributed by atoms with Crippen LogP contribution in [-0.2, 0) is 11.2 Å². The summed E-state index contributed by atoms with van der Waals surface area (Å²) in [7, 11) is 1.55. The number of rotatable bonds is 5. The van der Waals surface area contributed by atoms with E-state index in [9.17, 15) is 9.59 Å². The van der Waals surface area contributed by atoms with Gasteiger partial charge in [-0.15, -0.1) is 0 Å². The minimum Gasteiger partial charge on any atom is -0.399 e. The summed E-state index contributed by atoms with van der Waals surface area (Å²) in [4.78, 5) is 23.8. The number of carbonyl (C=O) groups excluding carboxylic acids is 2. The van der Waals surface area contributed by atoms with Crippen molar-refractivity contribution >= 4 is 23.2 Å². The number of nitrogen functional groups attached to an aromatic ring is 1. The van der Waals surface area contributed by atoms with Crippen molar-refractivity contribution in [1.29, 1.82) is 0 Å². The molecule has 0 aromatic heterocycles. The van der Waals surface area contributed by atoms with E-state index in [-0.39, 0.29) is 11.8 Å². The standard InChI is InChI=1S/C17H19N3O2/c1-19-17(22)13-7-3-5-9-15(13)20-16(21)11-10-12-6-2-4-8-14(12)18/h2-9H,10-11,18H2,1H3,(H,19,22)(H,20,21). The minimum absolute atomic E-state index is 0.153. The first kappa shape index (κ1) is 15.6. The number of carbonyl (C=O) groups is 2. The lowest BCUT2D eigenvalue weighted by Gasteiger charge is -2.10. The monoisotopic (exact) mass is 297 g/mol. The summed E-state index contributed by atoms with van der Waals surface area (Å²) >= 11 is 0. The molecule has 114 valence electrons. The van der Waals surface area contributed by atoms with Crippen molar-refractivity contribution in [2.45, 2.75) is 12.8 Å². The summed E-state index contributed by atoms with van der Waals surface area (Å²) in [5, 5.41) is 5.33. The number of hydrogen-bond acceptors (Lipinski definition) is 3. The van der Waals surface area contributed by atoms with Gasteiger partial charge in [-0.1, -0.05) is 30.3 Å². The molecule has 0 bridgehead atoms. The molecular weight excluding hydrogens is 278 g/mol. The highest BCUT2D eigenvalue weighted by Gasteiger charge is 2.12. The summed E-state index contributed by atoms with van der Waals surface area (Å²) < 4.78 is 0. The van der Waals surface area contributed by atoms with Crippen LogP contribution < -0.4 is 16.4 Å². The lowest BCUT2D eigenvalue weighted by Crippen LogP contribution is -2.21. The molecule has 2 amide bonds. The Morgan fingerprint density at radius 2 is 1.73 bits per heavy atom. The Labute approximate surface area is 129 Å². The highest BCUT2D eigenvalue weighted by atomic mass is 16.2. The molecule has 0 saturated carbocycles. The fourth-order valence-corrected chi connectivity index (χ4v) is 2.15. The van der Waals surface area contributed by atoms with Gasteiger partial charge in [-0.05, 0) is 30.2 Å². The zero-order valence-corrected chi connectivity index (χ0v) is 12.4. The van der Waals surface area contributed by atoms with Gasteiger partial charge in [-0.2, -0.15) is 0 Å². The van der Waals surface area contributed by atoms with E-state index in [4.69, 9.17) is 5.73 Å². The molecule has 4 N–H and O–H groups in total. The van der Waals surface area contributed by atoms with Crippen molar-refractivity contribution in [2.24, 2.45) is 0 Å². The zero-order valence-electron chi connectivity index (χ0n) is 12.4. The fourth-order valence-electron chi connectivity index (χ4n) is 2.15. The molecule has 0 radical (unpaired) electrons. The van der Waals surface area contributed by atoms with Gasteiger partial charge in [0, 0.05) is 19.2 Å². The van der Waals surface area contributed by atoms with Crippen LogP contribution in [0.15, 0.2) is 48.5 Å². The van der Waals surface area contributed by atoms with E-state index in [2.05, 4.69) is 10.6 Å². The molecule has 0 saturated heterocycles. The van der Waals surface area contributed by atoms with Crippen LogP contribution in [0, 0.1) is 0 Å². The fraction of sp³-hybridized carbons (Fsp3) is 0.176. The summed E-state index contributed by atoms with van der Waals surface area (Å²) in [6.45, 7) is 0. The molecule has 0 spiro atoms. The van der Waals surface area contributed by atoms with Crippen LogP contribution in [0.1, 0.15) is 22.3 Å². The molecule has 2 aromatic rings. The van der Waals surface area contributed by atoms with Crippen LogP contribution in [-0.4, -0.2) is 18.9 Å². The van der Waals surface area contributed by atoms with Crippen molar-refractivity contribution in [3.05, 3.63) is 59.7 Å². The summed E-state index contributed by atoms with van der Waals surface area (Å²) in [6.07, 6.45) is 0.858. The van der Waals surface area contributed by atoms with Crippen molar-refractivity contribution < 1.29 is 9.59 Å². The normalized spacial score (nSPS) is 10.0. The van der Waals surface area contributed by atoms with E-state index in [1.54, 1.807) is 31.3 Å². The molecule has 0 atom stereocenters. The van der Waals surface area contributed by atoms with Gasteiger partial charge in [0.2, 0.25) is 5.91 Å². The summed E-state index contributed by atoms with van der Waals surface area (Å²) in [5.74, 6) is -0.386. The van der Waals surface area contributed by atoms with Gasteiger partial charge in [0.25, 0.3) is 5.91 Å². The Kier molecular flexibility index (Phi) is 5.14. The molecule has 0 fully saturated rings. The second-order valence-corrected chi connectivity index (χ2v) is 4.87. The molecular formula is C17H19N3O2. The Morgan fingerprint density at radius 1 is 1.05 bits per heavy atom. The smallest absolute Gasteiger partial charge is 0.253 e. The van der Waals surface area contributed by atoms with E-state index >= 15 is 0 Å². The number of aryl methyl sites for hydroxylation is 1. The van der Waals surface area contributed by atoms with E-state index in [0.29, 0.717) is 29.8 Å². The molecule has 0 aliphatic heterocycles. The first-order chi connectivity index (χ1) is 10.6. The van der Waals surface area contributed by atoms with E-state index < -0.39 is 0 Å². The largest absolute Gasteiger partial charge is 0.399 e. The first-order valence-electron chi connectivity index (χ1n) is 7.06. The molecule has 0 aliphatic rings. The van der Waals surface area contributed by atoms with E-state index in [1.807, 2.05) is 24.3 Å². The van der Waals surface area contributed by atoms with Gasteiger partial charge in [-0.3, -0.25) is 9.59 Å². The minimum atomic E-state index is -0.233. The van der Waals surface area contributed by atoms with Crippen LogP contribution in [0.4, 0.5) is 11.4 Å². The van der Waals surface area contributed by atoms with Crippen molar-refractivity contribution in [2.75, 3.05) is 18.1 Å². The number of nitrogens with one attached hydrogen (secondary N) is 2. The molecule has 22 heavy (non-hydrogen) atoms. The Hall–Kier alpha value is -2.82. The molecule has 5 nitrogen and oxygen atoms in total. The number of amides is 2. The summed E-state index contributed by atoms with van der Waals surface area (Å²) in [6, 6.07) is 14.4. The second-order valence-electron chi connectivity index (χ2n) is 4.87. The lowest BCUT2D eigenvalue weighted by molar-refractivity contribution is -0.116. The number of para-hydroxylation sites is 2. The zero-order chi connectivity index (χ0) is 15.9. The lowest BCUT2D eigenvalue weighted by atomic mass is 10.1.